The van der Waals surface area contributed by atoms with E-state index in [1.807, 2.05) is 86.6 Å². The van der Waals surface area contributed by atoms with Crippen LogP contribution in [0.3, 0.4) is 0 Å². The van der Waals surface area contributed by atoms with Crippen LogP contribution in [0.4, 0.5) is 26.3 Å². The molecule has 8 aromatic rings. The Labute approximate surface area is 281 Å². The van der Waals surface area contributed by atoms with E-state index in [2.05, 4.69) is 6.07 Å². The molecule has 0 amide bonds. The van der Waals surface area contributed by atoms with Gasteiger partial charge in [-0.2, -0.15) is 31.6 Å². The van der Waals surface area contributed by atoms with Crippen molar-refractivity contribution in [2.45, 2.75) is 26.2 Å². The topological polar surface area (TPSA) is 33.6 Å². The van der Waals surface area contributed by atoms with Crippen molar-refractivity contribution in [1.82, 2.24) is 9.13 Å². The highest BCUT2D eigenvalue weighted by Crippen LogP contribution is 2.47. The van der Waals surface area contributed by atoms with Crippen molar-refractivity contribution in [3.63, 3.8) is 0 Å². The number of halogens is 6. The van der Waals surface area contributed by atoms with Gasteiger partial charge >= 0.3 is 12.4 Å². The SMILES string of the molecule is Cc1ccc2c3ccccc3n(-c3cc(-c4c(C(F)(F)F)cccc4C(F)(F)F)cc(-n4c5ccccc5c5ccc(C)cc54)c3C#N)c2c1. The molecular formula is C41H25F6N3. The number of para-hydroxylation sites is 2. The standard InChI is InChI=1S/C41H25F6N3/c1-23-14-16-28-26-8-3-5-12-33(26)49(35(28)18-23)37-20-25(39-31(40(42,43)44)10-7-11-32(39)41(45,46)47)21-38(30(37)22-48)50-34-13-6-4-9-27(34)29-17-15-24(2)19-36(29)50/h3-21H,1-2H3. The third-order valence-corrected chi connectivity index (χ3v) is 9.31. The highest BCUT2D eigenvalue weighted by molar-refractivity contribution is 6.11. The van der Waals surface area contributed by atoms with Crippen LogP contribution in [0.1, 0.15) is 27.8 Å². The number of fused-ring (bicyclic) bond motifs is 6. The molecule has 6 aromatic carbocycles. The van der Waals surface area contributed by atoms with E-state index in [0.717, 1.165) is 38.7 Å². The molecule has 2 aromatic heterocycles. The molecule has 0 aliphatic heterocycles. The normalized spacial score (nSPS) is 12.4. The maximum Gasteiger partial charge on any atom is 0.417 e. The van der Waals surface area contributed by atoms with Gasteiger partial charge in [-0.15, -0.1) is 0 Å². The monoisotopic (exact) mass is 673 g/mol. The lowest BCUT2D eigenvalue weighted by Crippen LogP contribution is -2.15. The second-order valence-corrected chi connectivity index (χ2v) is 12.5. The first kappa shape index (κ1) is 31.3. The number of nitriles is 1. The predicted molar refractivity (Wildman–Crippen MR) is 185 cm³/mol. The number of nitrogens with zero attached hydrogens (tertiary/aromatic N) is 3. The van der Waals surface area contributed by atoms with E-state index in [4.69, 9.17) is 0 Å². The highest BCUT2D eigenvalue weighted by atomic mass is 19.4. The Morgan fingerprint density at radius 1 is 0.500 bits per heavy atom. The fraction of sp³-hybridized carbons (Fsp3) is 0.0976. The fourth-order valence-electron chi connectivity index (χ4n) is 7.24. The minimum atomic E-state index is -5.11. The molecule has 0 saturated carbocycles. The average Bonchev–Trinajstić information content (AvgIpc) is 3.58. The van der Waals surface area contributed by atoms with Crippen molar-refractivity contribution in [2.24, 2.45) is 0 Å². The number of hydrogen-bond acceptors (Lipinski definition) is 1. The summed E-state index contributed by atoms with van der Waals surface area (Å²) < 4.78 is 91.7. The summed E-state index contributed by atoms with van der Waals surface area (Å²) in [6, 6.07) is 33.3. The van der Waals surface area contributed by atoms with Gasteiger partial charge in [-0.25, -0.2) is 0 Å². The van der Waals surface area contributed by atoms with Crippen LogP contribution in [-0.2, 0) is 12.4 Å². The van der Waals surface area contributed by atoms with E-state index < -0.39 is 29.0 Å². The number of benzene rings is 6. The Balaban J connectivity index is 1.63. The summed E-state index contributed by atoms with van der Waals surface area (Å²) in [4.78, 5) is 0. The van der Waals surface area contributed by atoms with E-state index >= 15 is 0 Å². The summed E-state index contributed by atoms with van der Waals surface area (Å²) >= 11 is 0. The van der Waals surface area contributed by atoms with E-state index in [-0.39, 0.29) is 22.5 Å². The molecule has 2 heterocycles. The fourth-order valence-corrected chi connectivity index (χ4v) is 7.24. The zero-order chi connectivity index (χ0) is 35.1. The molecule has 50 heavy (non-hydrogen) atoms. The van der Waals surface area contributed by atoms with Crippen molar-refractivity contribution in [2.75, 3.05) is 0 Å². The molecule has 0 radical (unpaired) electrons. The molecule has 0 aliphatic rings. The molecule has 0 fully saturated rings. The lowest BCUT2D eigenvalue weighted by molar-refractivity contribution is -0.142. The number of hydrogen-bond donors (Lipinski definition) is 0. The van der Waals surface area contributed by atoms with Gasteiger partial charge in [0.2, 0.25) is 0 Å². The van der Waals surface area contributed by atoms with Gasteiger partial charge < -0.3 is 9.13 Å². The maximum absolute atomic E-state index is 14.7. The van der Waals surface area contributed by atoms with Crippen molar-refractivity contribution in [3.05, 3.63) is 143 Å². The van der Waals surface area contributed by atoms with Crippen LogP contribution in [0.25, 0.3) is 66.1 Å². The Hall–Kier alpha value is -6.01. The van der Waals surface area contributed by atoms with Gasteiger partial charge in [-0.05, 0) is 79.1 Å². The number of aromatic nitrogens is 2. The number of aryl methyl sites for hydroxylation is 2. The quantitative estimate of drug-likeness (QED) is 0.172. The molecule has 0 aliphatic carbocycles. The molecule has 0 atom stereocenters. The van der Waals surface area contributed by atoms with Crippen LogP contribution in [0.5, 0.6) is 0 Å². The van der Waals surface area contributed by atoms with Crippen LogP contribution in [-0.4, -0.2) is 9.13 Å². The van der Waals surface area contributed by atoms with Crippen LogP contribution in [0.15, 0.2) is 115 Å². The van der Waals surface area contributed by atoms with Crippen molar-refractivity contribution in [1.29, 1.82) is 5.26 Å². The Morgan fingerprint density at radius 2 is 0.920 bits per heavy atom. The minimum Gasteiger partial charge on any atom is -0.308 e. The predicted octanol–water partition coefficient (Wildman–Crippen LogP) is 12.1. The van der Waals surface area contributed by atoms with E-state index in [1.54, 1.807) is 21.3 Å². The first-order chi connectivity index (χ1) is 23.9. The third kappa shape index (κ3) is 4.74. The van der Waals surface area contributed by atoms with Gasteiger partial charge in [0.15, 0.2) is 0 Å². The van der Waals surface area contributed by atoms with E-state index in [9.17, 15) is 31.6 Å². The zero-order valence-electron chi connectivity index (χ0n) is 26.6. The second kappa shape index (κ2) is 11.0. The van der Waals surface area contributed by atoms with Gasteiger partial charge in [-0.1, -0.05) is 66.7 Å². The van der Waals surface area contributed by atoms with Gasteiger partial charge in [0.1, 0.15) is 11.6 Å². The second-order valence-electron chi connectivity index (χ2n) is 12.5. The molecule has 3 nitrogen and oxygen atoms in total. The van der Waals surface area contributed by atoms with Crippen molar-refractivity contribution in [3.8, 4) is 28.6 Å². The molecule has 8 rings (SSSR count). The van der Waals surface area contributed by atoms with Crippen LogP contribution in [0.2, 0.25) is 0 Å². The number of rotatable bonds is 3. The molecule has 0 unspecified atom stereocenters. The molecular weight excluding hydrogens is 648 g/mol. The summed E-state index contributed by atoms with van der Waals surface area (Å²) in [5.74, 6) is 0. The molecule has 0 saturated heterocycles. The van der Waals surface area contributed by atoms with E-state index in [0.29, 0.717) is 34.2 Å². The summed E-state index contributed by atoms with van der Waals surface area (Å²) in [6.07, 6.45) is -10.2. The lowest BCUT2D eigenvalue weighted by Gasteiger charge is -2.22. The maximum atomic E-state index is 14.7. The average molecular weight is 674 g/mol. The summed E-state index contributed by atoms with van der Waals surface area (Å²) in [7, 11) is 0. The molecule has 9 heteroatoms. The molecule has 0 spiro atoms. The highest BCUT2D eigenvalue weighted by Gasteiger charge is 2.41. The Kier molecular flexibility index (Phi) is 6.88. The summed E-state index contributed by atoms with van der Waals surface area (Å²) in [5, 5.41) is 14.3. The van der Waals surface area contributed by atoms with Crippen molar-refractivity contribution < 1.29 is 26.3 Å². The largest absolute Gasteiger partial charge is 0.417 e. The first-order valence-corrected chi connectivity index (χ1v) is 15.7. The van der Waals surface area contributed by atoms with Crippen LogP contribution >= 0.6 is 0 Å². The lowest BCUT2D eigenvalue weighted by atomic mass is 9.91. The van der Waals surface area contributed by atoms with Crippen LogP contribution < -0.4 is 0 Å². The van der Waals surface area contributed by atoms with Gasteiger partial charge in [-0.3, -0.25) is 0 Å². The first-order valence-electron chi connectivity index (χ1n) is 15.7. The molecule has 0 bridgehead atoms. The van der Waals surface area contributed by atoms with Gasteiger partial charge in [0.25, 0.3) is 0 Å². The third-order valence-electron chi connectivity index (χ3n) is 9.31. The smallest absolute Gasteiger partial charge is 0.308 e. The summed E-state index contributed by atoms with van der Waals surface area (Å²) in [5.41, 5.74) is 0.577. The van der Waals surface area contributed by atoms with Gasteiger partial charge in [0.05, 0.1) is 44.6 Å². The van der Waals surface area contributed by atoms with E-state index in [1.165, 1.54) is 12.1 Å². The van der Waals surface area contributed by atoms with Gasteiger partial charge in [0, 0.05) is 27.1 Å². The Morgan fingerprint density at radius 3 is 1.34 bits per heavy atom. The zero-order valence-corrected chi connectivity index (χ0v) is 26.6. The molecule has 0 N–H and O–H groups in total. The van der Waals surface area contributed by atoms with Crippen molar-refractivity contribution >= 4 is 43.6 Å². The van der Waals surface area contributed by atoms with Crippen LogP contribution in [0, 0.1) is 25.2 Å². The number of alkyl halides is 6. The minimum absolute atomic E-state index is 0.0834. The molecule has 246 valence electrons. The summed E-state index contributed by atoms with van der Waals surface area (Å²) in [6.45, 7) is 3.79. The Bertz CT molecular complexity index is 2550.